The number of ether oxygens (including phenoxy) is 1. The van der Waals surface area contributed by atoms with Crippen molar-refractivity contribution < 1.29 is 9.53 Å². The Morgan fingerprint density at radius 3 is 2.94 bits per heavy atom. The van der Waals surface area contributed by atoms with E-state index < -0.39 is 0 Å². The molecule has 1 unspecified atom stereocenters. The molecule has 1 atom stereocenters. The summed E-state index contributed by atoms with van der Waals surface area (Å²) in [5.74, 6) is 0.910. The van der Waals surface area contributed by atoms with Crippen molar-refractivity contribution in [1.82, 2.24) is 14.5 Å². The molecule has 2 rings (SSSR count). The lowest BCUT2D eigenvalue weighted by atomic mass is 10.1. The molecule has 1 fully saturated rings. The van der Waals surface area contributed by atoms with Crippen molar-refractivity contribution in [3.05, 3.63) is 18.2 Å². The molecule has 5 heteroatoms. The van der Waals surface area contributed by atoms with Crippen molar-refractivity contribution in [3.63, 3.8) is 0 Å². The van der Waals surface area contributed by atoms with Gasteiger partial charge in [-0.15, -0.1) is 0 Å². The standard InChI is InChI=1S/C12H19N3O2/c1-9(2)10-8-15(6-7-17-10)12(16)11-13-4-5-14(11)3/h4-5,9-10H,6-8H2,1-3H3. The molecule has 0 N–H and O–H groups in total. The SMILES string of the molecule is CC(C)C1CN(C(=O)c2nccn2C)CCO1. The summed E-state index contributed by atoms with van der Waals surface area (Å²) in [6.45, 7) is 6.14. The number of aromatic nitrogens is 2. The van der Waals surface area contributed by atoms with Gasteiger partial charge < -0.3 is 14.2 Å². The maximum atomic E-state index is 12.2. The minimum Gasteiger partial charge on any atom is -0.374 e. The first-order chi connectivity index (χ1) is 8.09. The Bertz CT molecular complexity index is 400. The zero-order chi connectivity index (χ0) is 12.4. The average molecular weight is 237 g/mol. The highest BCUT2D eigenvalue weighted by Crippen LogP contribution is 2.15. The lowest BCUT2D eigenvalue weighted by Gasteiger charge is -2.34. The summed E-state index contributed by atoms with van der Waals surface area (Å²) in [6, 6.07) is 0. The van der Waals surface area contributed by atoms with Gasteiger partial charge in [-0.2, -0.15) is 0 Å². The molecule has 2 heterocycles. The highest BCUT2D eigenvalue weighted by molar-refractivity contribution is 5.90. The molecule has 1 aliphatic heterocycles. The molecule has 94 valence electrons. The molecule has 0 aromatic carbocycles. The number of nitrogens with zero attached hydrogens (tertiary/aromatic N) is 3. The monoisotopic (exact) mass is 237 g/mol. The quantitative estimate of drug-likeness (QED) is 0.768. The Balaban J connectivity index is 2.07. The fourth-order valence-corrected chi connectivity index (χ4v) is 1.98. The number of carbonyl (C=O) groups excluding carboxylic acids is 1. The van der Waals surface area contributed by atoms with Crippen molar-refractivity contribution in [2.75, 3.05) is 19.7 Å². The van der Waals surface area contributed by atoms with E-state index in [-0.39, 0.29) is 12.0 Å². The molecule has 0 aliphatic carbocycles. The Labute approximate surface area is 101 Å². The van der Waals surface area contributed by atoms with Crippen molar-refractivity contribution in [2.45, 2.75) is 20.0 Å². The van der Waals surface area contributed by atoms with Crippen LogP contribution < -0.4 is 0 Å². The van der Waals surface area contributed by atoms with Crippen molar-refractivity contribution >= 4 is 5.91 Å². The number of aryl methyl sites for hydroxylation is 1. The molecule has 5 nitrogen and oxygen atoms in total. The second kappa shape index (κ2) is 4.87. The second-order valence-corrected chi connectivity index (χ2v) is 4.77. The maximum Gasteiger partial charge on any atom is 0.290 e. The molecule has 0 radical (unpaired) electrons. The van der Waals surface area contributed by atoms with Crippen LogP contribution >= 0.6 is 0 Å². The predicted molar refractivity (Wildman–Crippen MR) is 63.7 cm³/mol. The molecule has 1 aromatic rings. The number of amides is 1. The van der Waals surface area contributed by atoms with Gasteiger partial charge in [0.2, 0.25) is 0 Å². The zero-order valence-electron chi connectivity index (χ0n) is 10.6. The molecule has 1 aromatic heterocycles. The third-order valence-electron chi connectivity index (χ3n) is 3.14. The Morgan fingerprint density at radius 2 is 2.35 bits per heavy atom. The first-order valence-corrected chi connectivity index (χ1v) is 5.98. The highest BCUT2D eigenvalue weighted by Gasteiger charge is 2.28. The van der Waals surface area contributed by atoms with E-state index in [1.165, 1.54) is 0 Å². The molecule has 1 saturated heterocycles. The van der Waals surface area contributed by atoms with Crippen LogP contribution in [0, 0.1) is 5.92 Å². The molecule has 1 aliphatic rings. The fraction of sp³-hybridized carbons (Fsp3) is 0.667. The predicted octanol–water partition coefficient (Wildman–Crippen LogP) is 0.917. The van der Waals surface area contributed by atoms with Crippen LogP contribution in [0.15, 0.2) is 12.4 Å². The van der Waals surface area contributed by atoms with E-state index in [0.717, 1.165) is 0 Å². The van der Waals surface area contributed by atoms with Crippen LogP contribution in [0.3, 0.4) is 0 Å². The molecular weight excluding hydrogens is 218 g/mol. The van der Waals surface area contributed by atoms with Gasteiger partial charge in [-0.1, -0.05) is 13.8 Å². The van der Waals surface area contributed by atoms with Crippen molar-refractivity contribution in [2.24, 2.45) is 13.0 Å². The van der Waals surface area contributed by atoms with E-state index in [1.54, 1.807) is 17.0 Å². The largest absolute Gasteiger partial charge is 0.374 e. The van der Waals surface area contributed by atoms with E-state index in [9.17, 15) is 4.79 Å². The maximum absolute atomic E-state index is 12.2. The van der Waals surface area contributed by atoms with E-state index in [4.69, 9.17) is 4.74 Å². The van der Waals surface area contributed by atoms with Crippen LogP contribution in [0.25, 0.3) is 0 Å². The summed E-state index contributed by atoms with van der Waals surface area (Å²) in [4.78, 5) is 18.2. The Kier molecular flexibility index (Phi) is 3.47. The van der Waals surface area contributed by atoms with E-state index in [1.807, 2.05) is 11.9 Å². The van der Waals surface area contributed by atoms with Gasteiger partial charge in [-0.3, -0.25) is 4.79 Å². The first-order valence-electron chi connectivity index (χ1n) is 5.98. The van der Waals surface area contributed by atoms with Gasteiger partial charge in [-0.05, 0) is 5.92 Å². The van der Waals surface area contributed by atoms with E-state index >= 15 is 0 Å². The molecule has 0 bridgehead atoms. The summed E-state index contributed by atoms with van der Waals surface area (Å²) < 4.78 is 7.40. The van der Waals surface area contributed by atoms with Gasteiger partial charge in [0, 0.05) is 32.5 Å². The fourth-order valence-electron chi connectivity index (χ4n) is 1.98. The van der Waals surface area contributed by atoms with Crippen LogP contribution in [0.1, 0.15) is 24.5 Å². The number of morpholine rings is 1. The Morgan fingerprint density at radius 1 is 1.59 bits per heavy atom. The normalized spacial score (nSPS) is 20.9. The van der Waals surface area contributed by atoms with Gasteiger partial charge in [0.25, 0.3) is 5.91 Å². The number of hydrogen-bond donors (Lipinski definition) is 0. The minimum atomic E-state index is -0.00792. The topological polar surface area (TPSA) is 47.4 Å². The number of rotatable bonds is 2. The van der Waals surface area contributed by atoms with Gasteiger partial charge >= 0.3 is 0 Å². The highest BCUT2D eigenvalue weighted by atomic mass is 16.5. The van der Waals surface area contributed by atoms with E-state index in [2.05, 4.69) is 18.8 Å². The third-order valence-corrected chi connectivity index (χ3v) is 3.14. The van der Waals surface area contributed by atoms with Crippen LogP contribution in [0.4, 0.5) is 0 Å². The molecule has 1 amide bonds. The zero-order valence-corrected chi connectivity index (χ0v) is 10.6. The lowest BCUT2D eigenvalue weighted by molar-refractivity contribution is -0.0424. The molecule has 17 heavy (non-hydrogen) atoms. The van der Waals surface area contributed by atoms with Crippen LogP contribution in [-0.2, 0) is 11.8 Å². The van der Waals surface area contributed by atoms with E-state index in [0.29, 0.717) is 31.4 Å². The van der Waals surface area contributed by atoms with Crippen LogP contribution in [0.5, 0.6) is 0 Å². The summed E-state index contributed by atoms with van der Waals surface area (Å²) in [6.07, 6.45) is 3.56. The first kappa shape index (κ1) is 12.1. The van der Waals surface area contributed by atoms with Crippen LogP contribution in [-0.4, -0.2) is 46.2 Å². The summed E-state index contributed by atoms with van der Waals surface area (Å²) in [7, 11) is 1.83. The average Bonchev–Trinajstić information content (AvgIpc) is 2.74. The summed E-state index contributed by atoms with van der Waals surface area (Å²) in [5.41, 5.74) is 0. The van der Waals surface area contributed by atoms with Crippen LogP contribution in [0.2, 0.25) is 0 Å². The van der Waals surface area contributed by atoms with Gasteiger partial charge in [-0.25, -0.2) is 4.98 Å². The van der Waals surface area contributed by atoms with Crippen molar-refractivity contribution in [1.29, 1.82) is 0 Å². The molecular formula is C12H19N3O2. The number of imidazole rings is 1. The molecule has 0 saturated carbocycles. The number of carbonyl (C=O) groups is 1. The second-order valence-electron chi connectivity index (χ2n) is 4.77. The minimum absolute atomic E-state index is 0.00792. The van der Waals surface area contributed by atoms with Gasteiger partial charge in [0.1, 0.15) is 0 Å². The number of hydrogen-bond acceptors (Lipinski definition) is 3. The summed E-state index contributed by atoms with van der Waals surface area (Å²) in [5, 5.41) is 0. The van der Waals surface area contributed by atoms with Gasteiger partial charge in [0.15, 0.2) is 5.82 Å². The smallest absolute Gasteiger partial charge is 0.290 e. The third kappa shape index (κ3) is 2.49. The van der Waals surface area contributed by atoms with Crippen molar-refractivity contribution in [3.8, 4) is 0 Å². The summed E-state index contributed by atoms with van der Waals surface area (Å²) >= 11 is 0. The van der Waals surface area contributed by atoms with Gasteiger partial charge in [0.05, 0.1) is 12.7 Å². The Hall–Kier alpha value is -1.36. The molecule has 0 spiro atoms. The lowest BCUT2D eigenvalue weighted by Crippen LogP contribution is -2.47.